The zero-order chi connectivity index (χ0) is 11.5. The largest absolute Gasteiger partial charge is 0.481 e. The molecule has 0 aliphatic heterocycles. The Balaban J connectivity index is 2.34. The molecule has 82 valence electrons. The van der Waals surface area contributed by atoms with Crippen molar-refractivity contribution in [2.24, 2.45) is 0 Å². The number of nitrogens with zero attached hydrogens (tertiary/aromatic N) is 3. The van der Waals surface area contributed by atoms with Gasteiger partial charge in [-0.1, -0.05) is 0 Å². The number of aromatic nitrogens is 3. The molecule has 0 atom stereocenters. The molecular formula is C10H9N3O2S. The predicted octanol–water partition coefficient (Wildman–Crippen LogP) is 1.54. The first-order chi connectivity index (χ1) is 7.66. The highest BCUT2D eigenvalue weighted by Gasteiger charge is 2.12. The number of hydrogen-bond donors (Lipinski definition) is 1. The maximum Gasteiger partial charge on any atom is 0.308 e. The van der Waals surface area contributed by atoms with E-state index in [1.54, 1.807) is 19.2 Å². The second kappa shape index (κ2) is 4.36. The second-order valence-corrected chi connectivity index (χ2v) is 4.28. The molecule has 5 nitrogen and oxygen atoms in total. The van der Waals surface area contributed by atoms with E-state index in [2.05, 4.69) is 15.0 Å². The van der Waals surface area contributed by atoms with Crippen molar-refractivity contribution in [3.63, 3.8) is 0 Å². The van der Waals surface area contributed by atoms with E-state index in [1.165, 1.54) is 17.7 Å². The van der Waals surface area contributed by atoms with E-state index in [9.17, 15) is 4.79 Å². The Morgan fingerprint density at radius 1 is 1.56 bits per heavy atom. The van der Waals surface area contributed by atoms with Gasteiger partial charge in [0.05, 0.1) is 12.1 Å². The number of carboxylic acids is 1. The molecule has 0 amide bonds. The van der Waals surface area contributed by atoms with Gasteiger partial charge in [-0.05, 0) is 13.0 Å². The van der Waals surface area contributed by atoms with Gasteiger partial charge in [0.2, 0.25) is 0 Å². The summed E-state index contributed by atoms with van der Waals surface area (Å²) in [7, 11) is 0. The highest BCUT2D eigenvalue weighted by atomic mass is 32.1. The molecule has 0 aliphatic rings. The van der Waals surface area contributed by atoms with Crippen LogP contribution in [0, 0.1) is 6.92 Å². The molecule has 1 N–H and O–H groups in total. The lowest BCUT2D eigenvalue weighted by Crippen LogP contribution is -1.99. The first-order valence-electron chi connectivity index (χ1n) is 4.61. The van der Waals surface area contributed by atoms with Crippen LogP contribution in [0.5, 0.6) is 0 Å². The molecule has 0 aliphatic carbocycles. The minimum absolute atomic E-state index is 0.00852. The van der Waals surface area contributed by atoms with Gasteiger partial charge in [0.1, 0.15) is 17.0 Å². The molecule has 0 spiro atoms. The second-order valence-electron chi connectivity index (χ2n) is 3.19. The Hall–Kier alpha value is -1.82. The zero-order valence-electron chi connectivity index (χ0n) is 8.54. The molecule has 2 aromatic heterocycles. The number of carboxylic acid groups (broad SMARTS) is 1. The average molecular weight is 235 g/mol. The van der Waals surface area contributed by atoms with Crippen molar-refractivity contribution in [3.05, 3.63) is 29.2 Å². The van der Waals surface area contributed by atoms with Gasteiger partial charge in [-0.15, -0.1) is 11.3 Å². The molecule has 0 unspecified atom stereocenters. The number of thiazole rings is 1. The lowest BCUT2D eigenvalue weighted by atomic mass is 10.3. The number of aryl methyl sites for hydroxylation is 1. The SMILES string of the molecule is Cc1nc(-c2ccncn2)sc1CC(=O)O. The number of carbonyl (C=O) groups is 1. The smallest absolute Gasteiger partial charge is 0.308 e. The molecule has 0 radical (unpaired) electrons. The Kier molecular flexibility index (Phi) is 2.91. The molecule has 0 fully saturated rings. The van der Waals surface area contributed by atoms with Crippen LogP contribution in [0.15, 0.2) is 18.6 Å². The van der Waals surface area contributed by atoms with Gasteiger partial charge in [0.15, 0.2) is 0 Å². The van der Waals surface area contributed by atoms with E-state index < -0.39 is 5.97 Å². The van der Waals surface area contributed by atoms with E-state index in [1.807, 2.05) is 0 Å². The molecule has 0 bridgehead atoms. The molecule has 6 heteroatoms. The minimum atomic E-state index is -0.846. The summed E-state index contributed by atoms with van der Waals surface area (Å²) in [4.78, 5) is 23.6. The molecular weight excluding hydrogens is 226 g/mol. The molecule has 0 aromatic carbocycles. The van der Waals surface area contributed by atoms with Crippen molar-refractivity contribution in [3.8, 4) is 10.7 Å². The standard InChI is InChI=1S/C10H9N3O2S/c1-6-8(4-9(14)15)16-10(13-6)7-2-3-11-5-12-7/h2-3,5H,4H2,1H3,(H,14,15). The van der Waals surface area contributed by atoms with Gasteiger partial charge in [0.25, 0.3) is 0 Å². The zero-order valence-corrected chi connectivity index (χ0v) is 9.36. The molecule has 16 heavy (non-hydrogen) atoms. The third kappa shape index (κ3) is 2.22. The van der Waals surface area contributed by atoms with Crippen molar-refractivity contribution in [2.75, 3.05) is 0 Å². The van der Waals surface area contributed by atoms with Crippen LogP contribution in [-0.4, -0.2) is 26.0 Å². The van der Waals surface area contributed by atoms with Gasteiger partial charge in [0, 0.05) is 11.1 Å². The fourth-order valence-electron chi connectivity index (χ4n) is 1.26. The Labute approximate surface area is 95.8 Å². The van der Waals surface area contributed by atoms with Crippen molar-refractivity contribution >= 4 is 17.3 Å². The van der Waals surface area contributed by atoms with Gasteiger partial charge in [-0.25, -0.2) is 15.0 Å². The maximum absolute atomic E-state index is 10.6. The van der Waals surface area contributed by atoms with Crippen LogP contribution < -0.4 is 0 Å². The topological polar surface area (TPSA) is 76.0 Å². The summed E-state index contributed by atoms with van der Waals surface area (Å²) in [6.07, 6.45) is 3.09. The minimum Gasteiger partial charge on any atom is -0.481 e. The first kappa shape index (κ1) is 10.7. The van der Waals surface area contributed by atoms with Crippen molar-refractivity contribution in [1.82, 2.24) is 15.0 Å². The summed E-state index contributed by atoms with van der Waals surface area (Å²) in [6, 6.07) is 1.75. The third-order valence-corrected chi connectivity index (χ3v) is 3.19. The summed E-state index contributed by atoms with van der Waals surface area (Å²) in [6.45, 7) is 1.81. The highest BCUT2D eigenvalue weighted by molar-refractivity contribution is 7.15. The number of hydrogen-bond acceptors (Lipinski definition) is 5. The van der Waals surface area contributed by atoms with Gasteiger partial charge >= 0.3 is 5.97 Å². The number of aliphatic carboxylic acids is 1. The van der Waals surface area contributed by atoms with Crippen molar-refractivity contribution < 1.29 is 9.90 Å². The van der Waals surface area contributed by atoms with Crippen LogP contribution >= 0.6 is 11.3 Å². The first-order valence-corrected chi connectivity index (χ1v) is 5.43. The molecule has 2 heterocycles. The van der Waals surface area contributed by atoms with Gasteiger partial charge in [-0.3, -0.25) is 4.79 Å². The molecule has 2 aromatic rings. The summed E-state index contributed by atoms with van der Waals surface area (Å²) < 4.78 is 0. The summed E-state index contributed by atoms with van der Waals surface area (Å²) in [5, 5.41) is 9.46. The molecule has 0 saturated heterocycles. The van der Waals surface area contributed by atoms with Crippen LogP contribution in [0.25, 0.3) is 10.7 Å². The predicted molar refractivity (Wildman–Crippen MR) is 59.2 cm³/mol. The normalized spacial score (nSPS) is 10.3. The average Bonchev–Trinajstić information content (AvgIpc) is 2.61. The Bertz CT molecular complexity index is 510. The maximum atomic E-state index is 10.6. The molecule has 0 saturated carbocycles. The van der Waals surface area contributed by atoms with Crippen molar-refractivity contribution in [1.29, 1.82) is 0 Å². The summed E-state index contributed by atoms with van der Waals surface area (Å²) >= 11 is 1.36. The lowest BCUT2D eigenvalue weighted by Gasteiger charge is -1.91. The molecule has 2 rings (SSSR count). The van der Waals surface area contributed by atoms with E-state index >= 15 is 0 Å². The van der Waals surface area contributed by atoms with E-state index in [4.69, 9.17) is 5.11 Å². The van der Waals surface area contributed by atoms with E-state index in [0.717, 1.165) is 21.3 Å². The van der Waals surface area contributed by atoms with Crippen LogP contribution in [0.2, 0.25) is 0 Å². The summed E-state index contributed by atoms with van der Waals surface area (Å²) in [5.41, 5.74) is 1.47. The lowest BCUT2D eigenvalue weighted by molar-refractivity contribution is -0.136. The summed E-state index contributed by atoms with van der Waals surface area (Å²) in [5.74, 6) is -0.846. The fourth-order valence-corrected chi connectivity index (χ4v) is 2.29. The quantitative estimate of drug-likeness (QED) is 0.873. The van der Waals surface area contributed by atoms with Crippen LogP contribution in [0.1, 0.15) is 10.6 Å². The van der Waals surface area contributed by atoms with Crippen LogP contribution in [0.4, 0.5) is 0 Å². The van der Waals surface area contributed by atoms with Crippen molar-refractivity contribution in [2.45, 2.75) is 13.3 Å². The fraction of sp³-hybridized carbons (Fsp3) is 0.200. The van der Waals surface area contributed by atoms with E-state index in [0.29, 0.717) is 0 Å². The Morgan fingerprint density at radius 3 is 3.00 bits per heavy atom. The highest BCUT2D eigenvalue weighted by Crippen LogP contribution is 2.26. The van der Waals surface area contributed by atoms with Crippen LogP contribution in [0.3, 0.4) is 0 Å². The monoisotopic (exact) mass is 235 g/mol. The van der Waals surface area contributed by atoms with Crippen LogP contribution in [-0.2, 0) is 11.2 Å². The van der Waals surface area contributed by atoms with E-state index in [-0.39, 0.29) is 6.42 Å². The number of rotatable bonds is 3. The van der Waals surface area contributed by atoms with Gasteiger partial charge in [-0.2, -0.15) is 0 Å². The third-order valence-electron chi connectivity index (χ3n) is 2.01. The Morgan fingerprint density at radius 2 is 2.38 bits per heavy atom. The van der Waals surface area contributed by atoms with Gasteiger partial charge < -0.3 is 5.11 Å².